The standard InChI is InChI=1S/C10H8F3N3O2S/c11-10(12,13)7-1-2-9(19(14,17)18)8(5-7)16-4-3-15-6-16/h1-6H,(H2,14,17,18). The van der Waals surface area contributed by atoms with Crippen molar-refractivity contribution < 1.29 is 21.6 Å². The number of sulfonamides is 1. The third-order valence-electron chi connectivity index (χ3n) is 2.38. The normalized spacial score (nSPS) is 12.6. The van der Waals surface area contributed by atoms with Crippen LogP contribution in [0.2, 0.25) is 0 Å². The van der Waals surface area contributed by atoms with Crippen LogP contribution in [0.15, 0.2) is 41.8 Å². The lowest BCUT2D eigenvalue weighted by molar-refractivity contribution is -0.137. The average Bonchev–Trinajstić information content (AvgIpc) is 2.79. The van der Waals surface area contributed by atoms with Crippen LogP contribution in [0, 0.1) is 0 Å². The molecule has 9 heteroatoms. The Balaban J connectivity index is 2.72. The molecule has 1 aromatic carbocycles. The van der Waals surface area contributed by atoms with Gasteiger partial charge in [-0.3, -0.25) is 0 Å². The topological polar surface area (TPSA) is 78.0 Å². The maximum absolute atomic E-state index is 12.6. The molecule has 2 aromatic rings. The molecule has 5 nitrogen and oxygen atoms in total. The number of hydrogen-bond donors (Lipinski definition) is 1. The van der Waals surface area contributed by atoms with Crippen molar-refractivity contribution in [1.82, 2.24) is 9.55 Å². The van der Waals surface area contributed by atoms with E-state index in [1.165, 1.54) is 18.7 Å². The van der Waals surface area contributed by atoms with E-state index >= 15 is 0 Å². The highest BCUT2D eigenvalue weighted by Crippen LogP contribution is 2.32. The molecule has 1 heterocycles. The van der Waals surface area contributed by atoms with Gasteiger partial charge in [0.2, 0.25) is 10.0 Å². The van der Waals surface area contributed by atoms with Crippen molar-refractivity contribution >= 4 is 10.0 Å². The molecule has 2 N–H and O–H groups in total. The van der Waals surface area contributed by atoms with Crippen molar-refractivity contribution in [1.29, 1.82) is 0 Å². The molecule has 0 bridgehead atoms. The highest BCUT2D eigenvalue weighted by molar-refractivity contribution is 7.89. The number of hydrogen-bond acceptors (Lipinski definition) is 3. The Kier molecular flexibility index (Phi) is 3.11. The second-order valence-electron chi connectivity index (χ2n) is 3.70. The quantitative estimate of drug-likeness (QED) is 0.911. The van der Waals surface area contributed by atoms with Gasteiger partial charge in [-0.2, -0.15) is 13.2 Å². The molecule has 0 atom stereocenters. The molecule has 0 aliphatic rings. The fourth-order valence-electron chi connectivity index (χ4n) is 1.54. The maximum atomic E-state index is 12.6. The number of primary sulfonamides is 1. The Morgan fingerprint density at radius 2 is 1.95 bits per heavy atom. The lowest BCUT2D eigenvalue weighted by Gasteiger charge is -2.12. The van der Waals surface area contributed by atoms with Crippen molar-refractivity contribution in [2.24, 2.45) is 5.14 Å². The van der Waals surface area contributed by atoms with Crippen LogP contribution in [0.5, 0.6) is 0 Å². The summed E-state index contributed by atoms with van der Waals surface area (Å²) in [5.74, 6) is 0. The summed E-state index contributed by atoms with van der Waals surface area (Å²) >= 11 is 0. The van der Waals surface area contributed by atoms with Crippen molar-refractivity contribution in [3.63, 3.8) is 0 Å². The van der Waals surface area contributed by atoms with Gasteiger partial charge in [-0.15, -0.1) is 0 Å². The van der Waals surface area contributed by atoms with E-state index in [9.17, 15) is 21.6 Å². The third kappa shape index (κ3) is 2.76. The van der Waals surface area contributed by atoms with Gasteiger partial charge in [-0.1, -0.05) is 0 Å². The Hall–Kier alpha value is -1.87. The van der Waals surface area contributed by atoms with E-state index in [0.717, 1.165) is 10.6 Å². The summed E-state index contributed by atoms with van der Waals surface area (Å²) in [4.78, 5) is 3.26. The predicted molar refractivity (Wildman–Crippen MR) is 59.9 cm³/mol. The Morgan fingerprint density at radius 3 is 2.42 bits per heavy atom. The van der Waals surface area contributed by atoms with E-state index in [2.05, 4.69) is 4.98 Å². The Morgan fingerprint density at radius 1 is 1.26 bits per heavy atom. The third-order valence-corrected chi connectivity index (χ3v) is 3.33. The molecule has 0 radical (unpaired) electrons. The molecular weight excluding hydrogens is 283 g/mol. The zero-order valence-corrected chi connectivity index (χ0v) is 10.1. The number of alkyl halides is 3. The van der Waals surface area contributed by atoms with E-state index in [1.807, 2.05) is 0 Å². The zero-order chi connectivity index (χ0) is 14.3. The molecule has 0 spiro atoms. The largest absolute Gasteiger partial charge is 0.416 e. The minimum Gasteiger partial charge on any atom is -0.305 e. The number of nitrogens with two attached hydrogens (primary N) is 1. The predicted octanol–water partition coefficient (Wildman–Crippen LogP) is 1.54. The number of nitrogens with zero attached hydrogens (tertiary/aromatic N) is 2. The van der Waals surface area contributed by atoms with E-state index < -0.39 is 26.7 Å². The van der Waals surface area contributed by atoms with Gasteiger partial charge < -0.3 is 4.57 Å². The molecule has 0 amide bonds. The summed E-state index contributed by atoms with van der Waals surface area (Å²) in [6, 6.07) is 2.20. The van der Waals surface area contributed by atoms with E-state index in [1.54, 1.807) is 0 Å². The molecule has 0 aliphatic heterocycles. The van der Waals surface area contributed by atoms with Crippen molar-refractivity contribution in [3.05, 3.63) is 42.5 Å². The SMILES string of the molecule is NS(=O)(=O)c1ccc(C(F)(F)F)cc1-n1ccnc1. The fraction of sp³-hybridized carbons (Fsp3) is 0.100. The van der Waals surface area contributed by atoms with Gasteiger partial charge in [-0.05, 0) is 18.2 Å². The highest BCUT2D eigenvalue weighted by Gasteiger charge is 2.32. The van der Waals surface area contributed by atoms with Crippen LogP contribution in [-0.2, 0) is 16.2 Å². The minimum atomic E-state index is -4.58. The number of aromatic nitrogens is 2. The van der Waals surface area contributed by atoms with Crippen molar-refractivity contribution in [2.75, 3.05) is 0 Å². The lowest BCUT2D eigenvalue weighted by Crippen LogP contribution is -2.16. The number of halogens is 3. The van der Waals surface area contributed by atoms with Crippen LogP contribution in [0.25, 0.3) is 5.69 Å². The van der Waals surface area contributed by atoms with Gasteiger partial charge in [0.25, 0.3) is 0 Å². The second kappa shape index (κ2) is 4.35. The zero-order valence-electron chi connectivity index (χ0n) is 9.29. The summed E-state index contributed by atoms with van der Waals surface area (Å²) in [5.41, 5.74) is -1.17. The van der Waals surface area contributed by atoms with Crippen LogP contribution in [-0.4, -0.2) is 18.0 Å². The maximum Gasteiger partial charge on any atom is 0.416 e. The van der Waals surface area contributed by atoms with Crippen LogP contribution in [0.1, 0.15) is 5.56 Å². The first kappa shape index (κ1) is 13.6. The molecule has 19 heavy (non-hydrogen) atoms. The van der Waals surface area contributed by atoms with Crippen LogP contribution in [0.4, 0.5) is 13.2 Å². The molecule has 1 aromatic heterocycles. The molecule has 102 valence electrons. The number of rotatable bonds is 2. The molecule has 0 aliphatic carbocycles. The molecule has 0 fully saturated rings. The van der Waals surface area contributed by atoms with Gasteiger partial charge in [-0.25, -0.2) is 18.5 Å². The summed E-state index contributed by atoms with van der Waals surface area (Å²) < 4.78 is 61.8. The fourth-order valence-corrected chi connectivity index (χ4v) is 2.25. The highest BCUT2D eigenvalue weighted by atomic mass is 32.2. The molecular formula is C10H8F3N3O2S. The van der Waals surface area contributed by atoms with E-state index in [-0.39, 0.29) is 5.69 Å². The van der Waals surface area contributed by atoms with E-state index in [0.29, 0.717) is 12.1 Å². The molecule has 0 unspecified atom stereocenters. The monoisotopic (exact) mass is 291 g/mol. The Bertz CT molecular complexity index is 693. The first-order valence-corrected chi connectivity index (χ1v) is 6.46. The molecule has 2 rings (SSSR count). The van der Waals surface area contributed by atoms with E-state index in [4.69, 9.17) is 5.14 Å². The molecule has 0 saturated heterocycles. The van der Waals surface area contributed by atoms with Gasteiger partial charge in [0.1, 0.15) is 4.90 Å². The summed E-state index contributed by atoms with van der Waals surface area (Å²) in [6.45, 7) is 0. The van der Waals surface area contributed by atoms with Crippen LogP contribution in [0.3, 0.4) is 0 Å². The second-order valence-corrected chi connectivity index (χ2v) is 5.23. The first-order chi connectivity index (χ1) is 8.69. The average molecular weight is 291 g/mol. The lowest BCUT2D eigenvalue weighted by atomic mass is 10.2. The van der Waals surface area contributed by atoms with Crippen molar-refractivity contribution in [3.8, 4) is 5.69 Å². The van der Waals surface area contributed by atoms with Gasteiger partial charge >= 0.3 is 6.18 Å². The number of imidazole rings is 1. The molecule has 0 saturated carbocycles. The smallest absolute Gasteiger partial charge is 0.305 e. The first-order valence-electron chi connectivity index (χ1n) is 4.92. The Labute approximate surface area is 106 Å². The van der Waals surface area contributed by atoms with Gasteiger partial charge in [0, 0.05) is 12.4 Å². The van der Waals surface area contributed by atoms with Crippen LogP contribution < -0.4 is 5.14 Å². The summed E-state index contributed by atoms with van der Waals surface area (Å²) in [5, 5.41) is 4.98. The van der Waals surface area contributed by atoms with Crippen molar-refractivity contribution in [2.45, 2.75) is 11.1 Å². The minimum absolute atomic E-state index is 0.199. The number of benzene rings is 1. The summed E-state index contributed by atoms with van der Waals surface area (Å²) in [7, 11) is -4.14. The van der Waals surface area contributed by atoms with Gasteiger partial charge in [0.05, 0.1) is 17.6 Å². The summed E-state index contributed by atoms with van der Waals surface area (Å²) in [6.07, 6.45) is -0.756. The van der Waals surface area contributed by atoms with Gasteiger partial charge in [0.15, 0.2) is 0 Å². The van der Waals surface area contributed by atoms with Crippen LogP contribution >= 0.6 is 0 Å².